The van der Waals surface area contributed by atoms with Crippen molar-refractivity contribution in [1.29, 1.82) is 0 Å². The predicted octanol–water partition coefficient (Wildman–Crippen LogP) is -0.690. The summed E-state index contributed by atoms with van der Waals surface area (Å²) in [5.41, 5.74) is 3.51. The predicted molar refractivity (Wildman–Crippen MR) is 59.1 cm³/mol. The minimum atomic E-state index is -1.72. The van der Waals surface area contributed by atoms with Crippen LogP contribution in [0, 0.1) is 10.1 Å². The van der Waals surface area contributed by atoms with Gasteiger partial charge in [-0.2, -0.15) is 0 Å². The first-order chi connectivity index (χ1) is 7.96. The average Bonchev–Trinajstić information content (AvgIpc) is 2.36. The normalized spacial score (nSPS) is 13.4. The van der Waals surface area contributed by atoms with E-state index in [0.717, 1.165) is 0 Å². The molecule has 0 saturated heterocycles. The molecule has 94 valence electrons. The van der Waals surface area contributed by atoms with Gasteiger partial charge in [-0.1, -0.05) is 12.1 Å². The maximum atomic E-state index is 10.8. The van der Waals surface area contributed by atoms with Crippen molar-refractivity contribution in [2.45, 2.75) is 11.6 Å². The summed E-state index contributed by atoms with van der Waals surface area (Å²) in [6.07, 6.45) is -1.53. The molecule has 0 bridgehead atoms. The molecule has 0 saturated carbocycles. The second kappa shape index (κ2) is 5.19. The van der Waals surface area contributed by atoms with E-state index in [1.807, 2.05) is 0 Å². The van der Waals surface area contributed by atoms with Crippen molar-refractivity contribution in [3.63, 3.8) is 0 Å². The number of hydrogen-bond donors (Lipinski definition) is 4. The van der Waals surface area contributed by atoms with Crippen molar-refractivity contribution in [2.75, 3.05) is 13.2 Å². The van der Waals surface area contributed by atoms with Gasteiger partial charge >= 0.3 is 0 Å². The molecule has 0 aliphatic rings. The van der Waals surface area contributed by atoms with Crippen LogP contribution < -0.4 is 5.73 Å². The van der Waals surface area contributed by atoms with Crippen molar-refractivity contribution < 1.29 is 20.2 Å². The SMILES string of the molecule is NC(CO)(CO)C(O)c1ccccc1[N+](=O)[O-]. The fourth-order valence-corrected chi connectivity index (χ4v) is 1.42. The molecule has 0 heterocycles. The van der Waals surface area contributed by atoms with E-state index in [1.165, 1.54) is 24.3 Å². The zero-order chi connectivity index (χ0) is 13.1. The second-order valence-corrected chi connectivity index (χ2v) is 3.77. The number of nitrogens with two attached hydrogens (primary N) is 1. The summed E-state index contributed by atoms with van der Waals surface area (Å²) in [6, 6.07) is 5.49. The van der Waals surface area contributed by atoms with E-state index in [4.69, 9.17) is 15.9 Å². The van der Waals surface area contributed by atoms with Gasteiger partial charge in [-0.05, 0) is 6.07 Å². The summed E-state index contributed by atoms with van der Waals surface area (Å²) in [6.45, 7) is -1.40. The highest BCUT2D eigenvalue weighted by molar-refractivity contribution is 5.42. The van der Waals surface area contributed by atoms with Crippen LogP contribution in [0.3, 0.4) is 0 Å². The van der Waals surface area contributed by atoms with Crippen LogP contribution in [-0.4, -0.2) is 39.0 Å². The van der Waals surface area contributed by atoms with Crippen molar-refractivity contribution in [1.82, 2.24) is 0 Å². The van der Waals surface area contributed by atoms with Gasteiger partial charge in [0.15, 0.2) is 0 Å². The van der Waals surface area contributed by atoms with E-state index in [0.29, 0.717) is 0 Å². The first kappa shape index (κ1) is 13.5. The molecule has 1 atom stereocenters. The summed E-state index contributed by atoms with van der Waals surface area (Å²) in [5.74, 6) is 0. The lowest BCUT2D eigenvalue weighted by atomic mass is 9.89. The van der Waals surface area contributed by atoms with Crippen LogP contribution in [0.4, 0.5) is 5.69 Å². The Morgan fingerprint density at radius 2 is 1.88 bits per heavy atom. The molecule has 1 unspecified atom stereocenters. The molecule has 1 rings (SSSR count). The Balaban J connectivity index is 3.20. The maximum Gasteiger partial charge on any atom is 0.275 e. The monoisotopic (exact) mass is 242 g/mol. The Morgan fingerprint density at radius 3 is 2.35 bits per heavy atom. The van der Waals surface area contributed by atoms with Gasteiger partial charge in [0.25, 0.3) is 5.69 Å². The van der Waals surface area contributed by atoms with Crippen molar-refractivity contribution in [2.24, 2.45) is 5.73 Å². The molecule has 7 nitrogen and oxygen atoms in total. The van der Waals surface area contributed by atoms with E-state index in [1.54, 1.807) is 0 Å². The number of aliphatic hydroxyl groups excluding tert-OH is 3. The van der Waals surface area contributed by atoms with E-state index in [-0.39, 0.29) is 11.3 Å². The van der Waals surface area contributed by atoms with Crippen molar-refractivity contribution in [3.8, 4) is 0 Å². The molecule has 0 spiro atoms. The Morgan fingerprint density at radius 1 is 1.35 bits per heavy atom. The molecule has 0 aliphatic heterocycles. The van der Waals surface area contributed by atoms with E-state index < -0.39 is 29.8 Å². The lowest BCUT2D eigenvalue weighted by Crippen LogP contribution is -2.52. The third-order valence-electron chi connectivity index (χ3n) is 2.56. The molecule has 1 aromatic carbocycles. The van der Waals surface area contributed by atoms with Crippen LogP contribution in [0.2, 0.25) is 0 Å². The van der Waals surface area contributed by atoms with Crippen LogP contribution >= 0.6 is 0 Å². The molecular formula is C10H14N2O5. The lowest BCUT2D eigenvalue weighted by molar-refractivity contribution is -0.386. The molecule has 0 aliphatic carbocycles. The van der Waals surface area contributed by atoms with Gasteiger partial charge in [-0.25, -0.2) is 0 Å². The lowest BCUT2D eigenvalue weighted by Gasteiger charge is -2.30. The number of benzene rings is 1. The van der Waals surface area contributed by atoms with Crippen LogP contribution in [-0.2, 0) is 0 Å². The molecular weight excluding hydrogens is 228 g/mol. The highest BCUT2D eigenvalue weighted by Crippen LogP contribution is 2.30. The topological polar surface area (TPSA) is 130 Å². The minimum Gasteiger partial charge on any atom is -0.394 e. The van der Waals surface area contributed by atoms with E-state index >= 15 is 0 Å². The number of aliphatic hydroxyl groups is 3. The van der Waals surface area contributed by atoms with E-state index in [2.05, 4.69) is 0 Å². The number of hydrogen-bond acceptors (Lipinski definition) is 6. The van der Waals surface area contributed by atoms with Crippen LogP contribution in [0.15, 0.2) is 24.3 Å². The molecule has 0 radical (unpaired) electrons. The Labute approximate surface area is 97.3 Å². The van der Waals surface area contributed by atoms with E-state index in [9.17, 15) is 15.2 Å². The highest BCUT2D eigenvalue weighted by atomic mass is 16.6. The van der Waals surface area contributed by atoms with Gasteiger partial charge in [-0.3, -0.25) is 10.1 Å². The number of rotatable bonds is 5. The van der Waals surface area contributed by atoms with Gasteiger partial charge in [0.05, 0.1) is 29.2 Å². The van der Waals surface area contributed by atoms with Gasteiger partial charge in [-0.15, -0.1) is 0 Å². The third-order valence-corrected chi connectivity index (χ3v) is 2.56. The zero-order valence-electron chi connectivity index (χ0n) is 8.98. The Hall–Kier alpha value is -1.54. The quantitative estimate of drug-likeness (QED) is 0.399. The zero-order valence-corrected chi connectivity index (χ0v) is 8.98. The minimum absolute atomic E-state index is 0.0388. The smallest absolute Gasteiger partial charge is 0.275 e. The molecule has 17 heavy (non-hydrogen) atoms. The number of nitro benzene ring substituents is 1. The maximum absolute atomic E-state index is 10.8. The summed E-state index contributed by atoms with van der Waals surface area (Å²) < 4.78 is 0. The highest BCUT2D eigenvalue weighted by Gasteiger charge is 2.37. The molecule has 0 amide bonds. The van der Waals surface area contributed by atoms with Gasteiger partial charge in [0.1, 0.15) is 6.10 Å². The first-order valence-corrected chi connectivity index (χ1v) is 4.88. The molecule has 7 heteroatoms. The molecule has 5 N–H and O–H groups in total. The largest absolute Gasteiger partial charge is 0.394 e. The van der Waals surface area contributed by atoms with Crippen molar-refractivity contribution >= 4 is 5.69 Å². The number of para-hydroxylation sites is 1. The number of nitro groups is 1. The van der Waals surface area contributed by atoms with Gasteiger partial charge < -0.3 is 21.1 Å². The Bertz CT molecular complexity index is 405. The fourth-order valence-electron chi connectivity index (χ4n) is 1.42. The summed E-state index contributed by atoms with van der Waals surface area (Å²) in [4.78, 5) is 10.1. The van der Waals surface area contributed by atoms with Gasteiger partial charge in [0, 0.05) is 6.07 Å². The standard InChI is InChI=1S/C10H14N2O5/c11-10(5-13,6-14)9(15)7-3-1-2-4-8(7)12(16)17/h1-4,9,13-15H,5-6,11H2. The van der Waals surface area contributed by atoms with Crippen LogP contribution in [0.25, 0.3) is 0 Å². The summed E-state index contributed by atoms with van der Waals surface area (Å²) in [5, 5.41) is 38.7. The number of nitrogens with zero attached hydrogens (tertiary/aromatic N) is 1. The second-order valence-electron chi connectivity index (χ2n) is 3.77. The van der Waals surface area contributed by atoms with Crippen LogP contribution in [0.1, 0.15) is 11.7 Å². The summed E-state index contributed by atoms with van der Waals surface area (Å²) >= 11 is 0. The van der Waals surface area contributed by atoms with Crippen molar-refractivity contribution in [3.05, 3.63) is 39.9 Å². The fraction of sp³-hybridized carbons (Fsp3) is 0.400. The summed E-state index contributed by atoms with van der Waals surface area (Å²) in [7, 11) is 0. The third kappa shape index (κ3) is 2.59. The molecule has 0 fully saturated rings. The van der Waals surface area contributed by atoms with Gasteiger partial charge in [0.2, 0.25) is 0 Å². The first-order valence-electron chi connectivity index (χ1n) is 4.88. The average molecular weight is 242 g/mol. The Kier molecular flexibility index (Phi) is 4.13. The van der Waals surface area contributed by atoms with Crippen LogP contribution in [0.5, 0.6) is 0 Å². The molecule has 0 aromatic heterocycles. The molecule has 1 aromatic rings.